The van der Waals surface area contributed by atoms with Crippen LogP contribution in [0, 0.1) is 5.92 Å². The topological polar surface area (TPSA) is 71.5 Å². The summed E-state index contributed by atoms with van der Waals surface area (Å²) in [5.74, 6) is -0.513. The Morgan fingerprint density at radius 3 is 1.95 bits per heavy atom. The van der Waals surface area contributed by atoms with E-state index in [0.717, 1.165) is 0 Å². The van der Waals surface area contributed by atoms with Gasteiger partial charge in [-0.05, 0) is 43.7 Å². The SMILES string of the molecule is O=C1c2ccccc2C(=O)N1[C@H]1CC[C@H](CS(=O)(=O)Cl)CC1. The lowest BCUT2D eigenvalue weighted by atomic mass is 9.86. The molecule has 7 heteroatoms. The van der Waals surface area contributed by atoms with E-state index in [-0.39, 0.29) is 29.5 Å². The van der Waals surface area contributed by atoms with Crippen LogP contribution in [0.4, 0.5) is 0 Å². The molecule has 118 valence electrons. The molecule has 0 atom stereocenters. The van der Waals surface area contributed by atoms with Gasteiger partial charge in [-0.1, -0.05) is 12.1 Å². The Kier molecular flexibility index (Phi) is 3.99. The van der Waals surface area contributed by atoms with Crippen molar-refractivity contribution in [2.75, 3.05) is 5.75 Å². The van der Waals surface area contributed by atoms with Crippen molar-refractivity contribution in [3.63, 3.8) is 0 Å². The van der Waals surface area contributed by atoms with Gasteiger partial charge in [-0.2, -0.15) is 0 Å². The van der Waals surface area contributed by atoms with Gasteiger partial charge in [-0.25, -0.2) is 8.42 Å². The van der Waals surface area contributed by atoms with Crippen LogP contribution < -0.4 is 0 Å². The summed E-state index contributed by atoms with van der Waals surface area (Å²) in [4.78, 5) is 26.2. The van der Waals surface area contributed by atoms with Crippen molar-refractivity contribution in [3.8, 4) is 0 Å². The van der Waals surface area contributed by atoms with Gasteiger partial charge in [0.15, 0.2) is 0 Å². The lowest BCUT2D eigenvalue weighted by Gasteiger charge is -2.33. The third-order valence-corrected chi connectivity index (χ3v) is 5.69. The number of fused-ring (bicyclic) bond motifs is 1. The van der Waals surface area contributed by atoms with Crippen molar-refractivity contribution in [1.82, 2.24) is 4.90 Å². The normalized spacial score (nSPS) is 25.4. The quantitative estimate of drug-likeness (QED) is 0.625. The molecule has 1 fully saturated rings. The van der Waals surface area contributed by atoms with Crippen molar-refractivity contribution < 1.29 is 18.0 Å². The molecule has 0 spiro atoms. The lowest BCUT2D eigenvalue weighted by molar-refractivity contribution is 0.0534. The maximum Gasteiger partial charge on any atom is 0.261 e. The minimum Gasteiger partial charge on any atom is -0.271 e. The van der Waals surface area contributed by atoms with E-state index in [9.17, 15) is 18.0 Å². The first kappa shape index (κ1) is 15.5. The minimum absolute atomic E-state index is 0.00827. The number of nitrogens with zero attached hydrogens (tertiary/aromatic N) is 1. The van der Waals surface area contributed by atoms with Crippen molar-refractivity contribution in [2.45, 2.75) is 31.7 Å². The molecule has 0 aromatic heterocycles. The highest BCUT2D eigenvalue weighted by Crippen LogP contribution is 2.33. The molecule has 0 saturated heterocycles. The number of hydrogen-bond donors (Lipinski definition) is 0. The summed E-state index contributed by atoms with van der Waals surface area (Å²) in [6.07, 6.45) is 2.57. The van der Waals surface area contributed by atoms with E-state index in [1.165, 1.54) is 4.90 Å². The van der Waals surface area contributed by atoms with Gasteiger partial charge in [0, 0.05) is 16.7 Å². The Morgan fingerprint density at radius 1 is 1.00 bits per heavy atom. The molecule has 2 amide bonds. The van der Waals surface area contributed by atoms with Crippen LogP contribution >= 0.6 is 10.7 Å². The van der Waals surface area contributed by atoms with Crippen LogP contribution in [0.25, 0.3) is 0 Å². The molecule has 0 N–H and O–H groups in total. The zero-order chi connectivity index (χ0) is 15.9. The summed E-state index contributed by atoms with van der Waals surface area (Å²) < 4.78 is 22.3. The van der Waals surface area contributed by atoms with E-state index in [4.69, 9.17) is 10.7 Å². The Hall–Kier alpha value is -1.40. The van der Waals surface area contributed by atoms with Gasteiger partial charge in [-0.3, -0.25) is 14.5 Å². The molecule has 2 aliphatic rings. The highest BCUT2D eigenvalue weighted by atomic mass is 35.7. The van der Waals surface area contributed by atoms with Gasteiger partial charge in [0.05, 0.1) is 16.9 Å². The highest BCUT2D eigenvalue weighted by molar-refractivity contribution is 8.13. The fourth-order valence-electron chi connectivity index (χ4n) is 3.39. The molecule has 0 bridgehead atoms. The first-order chi connectivity index (χ1) is 10.4. The summed E-state index contributed by atoms with van der Waals surface area (Å²) >= 11 is 0. The monoisotopic (exact) mass is 341 g/mol. The van der Waals surface area contributed by atoms with Gasteiger partial charge in [0.2, 0.25) is 9.05 Å². The van der Waals surface area contributed by atoms with Crippen molar-refractivity contribution in [3.05, 3.63) is 35.4 Å². The second-order valence-corrected chi connectivity index (χ2v) is 8.73. The molecular weight excluding hydrogens is 326 g/mol. The number of benzene rings is 1. The lowest BCUT2D eigenvalue weighted by Crippen LogP contribution is -2.42. The standard InChI is InChI=1S/C15H16ClNO4S/c16-22(20,21)9-10-5-7-11(8-6-10)17-14(18)12-3-1-2-4-13(12)15(17)19/h1-4,10-11H,5-9H2/t10-,11-. The van der Waals surface area contributed by atoms with Crippen LogP contribution in [0.15, 0.2) is 24.3 Å². The predicted octanol–water partition coefficient (Wildman–Crippen LogP) is 2.41. The summed E-state index contributed by atoms with van der Waals surface area (Å²) in [5.41, 5.74) is 0.913. The summed E-state index contributed by atoms with van der Waals surface area (Å²) in [5, 5.41) is 0. The number of amides is 2. The summed E-state index contributed by atoms with van der Waals surface area (Å²) in [6, 6.07) is 6.68. The maximum atomic E-state index is 12.4. The molecular formula is C15H16ClNO4S. The predicted molar refractivity (Wildman–Crippen MR) is 82.3 cm³/mol. The second-order valence-electron chi connectivity index (χ2n) is 5.91. The Labute approximate surface area is 133 Å². The van der Waals surface area contributed by atoms with Gasteiger partial charge < -0.3 is 0 Å². The van der Waals surface area contributed by atoms with Crippen LogP contribution in [0.5, 0.6) is 0 Å². The molecule has 0 unspecified atom stereocenters. The Bertz CT molecular complexity index is 688. The smallest absolute Gasteiger partial charge is 0.261 e. The van der Waals surface area contributed by atoms with E-state index in [1.807, 2.05) is 0 Å². The number of carbonyl (C=O) groups excluding carboxylic acids is 2. The number of halogens is 1. The molecule has 1 aromatic rings. The molecule has 22 heavy (non-hydrogen) atoms. The zero-order valence-electron chi connectivity index (χ0n) is 11.9. The average molecular weight is 342 g/mol. The molecule has 1 aromatic carbocycles. The first-order valence-electron chi connectivity index (χ1n) is 7.26. The molecule has 5 nitrogen and oxygen atoms in total. The largest absolute Gasteiger partial charge is 0.271 e. The minimum atomic E-state index is -3.50. The number of carbonyl (C=O) groups is 2. The highest BCUT2D eigenvalue weighted by Gasteiger charge is 2.41. The Morgan fingerprint density at radius 2 is 1.50 bits per heavy atom. The van der Waals surface area contributed by atoms with E-state index >= 15 is 0 Å². The fourth-order valence-corrected chi connectivity index (χ4v) is 4.82. The number of imide groups is 1. The average Bonchev–Trinajstić information content (AvgIpc) is 2.71. The van der Waals surface area contributed by atoms with Gasteiger partial charge in [-0.15, -0.1) is 0 Å². The zero-order valence-corrected chi connectivity index (χ0v) is 13.4. The second kappa shape index (κ2) is 5.66. The van der Waals surface area contributed by atoms with Crippen LogP contribution in [-0.4, -0.2) is 36.9 Å². The van der Waals surface area contributed by atoms with Crippen LogP contribution in [0.3, 0.4) is 0 Å². The van der Waals surface area contributed by atoms with E-state index in [1.54, 1.807) is 24.3 Å². The Balaban J connectivity index is 1.71. The first-order valence-corrected chi connectivity index (χ1v) is 9.74. The fraction of sp³-hybridized carbons (Fsp3) is 0.467. The van der Waals surface area contributed by atoms with Gasteiger partial charge in [0.1, 0.15) is 0 Å². The van der Waals surface area contributed by atoms with Crippen molar-refractivity contribution in [1.29, 1.82) is 0 Å². The molecule has 3 rings (SSSR count). The summed E-state index contributed by atoms with van der Waals surface area (Å²) in [7, 11) is 1.79. The third-order valence-electron chi connectivity index (χ3n) is 4.44. The van der Waals surface area contributed by atoms with Crippen molar-refractivity contribution in [2.24, 2.45) is 5.92 Å². The van der Waals surface area contributed by atoms with E-state index < -0.39 is 9.05 Å². The molecule has 1 aliphatic carbocycles. The van der Waals surface area contributed by atoms with E-state index in [2.05, 4.69) is 0 Å². The van der Waals surface area contributed by atoms with Crippen LogP contribution in [0.2, 0.25) is 0 Å². The molecule has 1 saturated carbocycles. The maximum absolute atomic E-state index is 12.4. The number of hydrogen-bond acceptors (Lipinski definition) is 4. The van der Waals surface area contributed by atoms with E-state index in [0.29, 0.717) is 36.8 Å². The summed E-state index contributed by atoms with van der Waals surface area (Å²) in [6.45, 7) is 0. The molecule has 0 radical (unpaired) electrons. The molecule has 1 heterocycles. The van der Waals surface area contributed by atoms with Gasteiger partial charge >= 0.3 is 0 Å². The number of rotatable bonds is 3. The molecule has 1 aliphatic heterocycles. The van der Waals surface area contributed by atoms with Gasteiger partial charge in [0.25, 0.3) is 11.8 Å². The van der Waals surface area contributed by atoms with Crippen LogP contribution in [-0.2, 0) is 9.05 Å². The van der Waals surface area contributed by atoms with Crippen LogP contribution in [0.1, 0.15) is 46.4 Å². The third kappa shape index (κ3) is 2.90. The van der Waals surface area contributed by atoms with Crippen molar-refractivity contribution >= 4 is 31.5 Å².